The predicted octanol–water partition coefficient (Wildman–Crippen LogP) is 3.10. The number of fused-ring (bicyclic) bond motifs is 3. The van der Waals surface area contributed by atoms with Crippen LogP contribution in [0.4, 0.5) is 4.79 Å². The lowest BCUT2D eigenvalue weighted by Gasteiger charge is -2.16. The van der Waals surface area contributed by atoms with Crippen molar-refractivity contribution in [3.05, 3.63) is 52.9 Å². The summed E-state index contributed by atoms with van der Waals surface area (Å²) in [6.45, 7) is 3.07. The van der Waals surface area contributed by atoms with Gasteiger partial charge in [-0.2, -0.15) is 0 Å². The van der Waals surface area contributed by atoms with Crippen molar-refractivity contribution >= 4 is 6.03 Å². The number of aromatic nitrogens is 1. The zero-order chi connectivity index (χ0) is 16.7. The number of benzene rings is 1. The molecule has 5 heteroatoms. The highest BCUT2D eigenvalue weighted by atomic mass is 16.5. The first-order valence-electron chi connectivity index (χ1n) is 8.62. The number of aryl methyl sites for hydroxylation is 2. The van der Waals surface area contributed by atoms with Crippen LogP contribution in [-0.4, -0.2) is 29.7 Å². The zero-order valence-electron chi connectivity index (χ0n) is 14.2. The number of amides is 2. The molecule has 0 spiro atoms. The molecular weight excluding hydrogens is 302 g/mol. The van der Waals surface area contributed by atoms with Crippen LogP contribution in [0, 0.1) is 18.8 Å². The maximum absolute atomic E-state index is 12.3. The smallest absolute Gasteiger partial charge is 0.317 e. The molecule has 1 aromatic carbocycles. The summed E-state index contributed by atoms with van der Waals surface area (Å²) in [5.74, 6) is 2.72. The summed E-state index contributed by atoms with van der Waals surface area (Å²) in [6.07, 6.45) is 2.42. The van der Waals surface area contributed by atoms with Crippen LogP contribution in [0.2, 0.25) is 0 Å². The van der Waals surface area contributed by atoms with E-state index in [1.165, 1.54) is 24.0 Å². The van der Waals surface area contributed by atoms with Crippen LogP contribution >= 0.6 is 0 Å². The van der Waals surface area contributed by atoms with Crippen LogP contribution in [0.25, 0.3) is 0 Å². The quantitative estimate of drug-likeness (QED) is 0.940. The zero-order valence-corrected chi connectivity index (χ0v) is 14.2. The van der Waals surface area contributed by atoms with Gasteiger partial charge in [0.15, 0.2) is 0 Å². The standard InChI is InChI=1S/C19H23N3O2/c1-12-9-14(21-24-12)11-22(2)19(23)20-10-17-16-8-7-13-5-3-4-6-15(13)18(16)17/h3-6,9,16-18H,7-8,10-11H2,1-2H3,(H,20,23). The number of nitrogens with zero attached hydrogens (tertiary/aromatic N) is 2. The van der Waals surface area contributed by atoms with E-state index in [0.29, 0.717) is 18.4 Å². The first kappa shape index (κ1) is 15.2. The Labute approximate surface area is 142 Å². The Morgan fingerprint density at radius 1 is 1.42 bits per heavy atom. The lowest BCUT2D eigenvalue weighted by atomic mass is 9.92. The van der Waals surface area contributed by atoms with E-state index in [2.05, 4.69) is 34.7 Å². The second-order valence-corrected chi connectivity index (χ2v) is 7.06. The van der Waals surface area contributed by atoms with E-state index in [9.17, 15) is 4.79 Å². The van der Waals surface area contributed by atoms with E-state index in [4.69, 9.17) is 4.52 Å². The summed E-state index contributed by atoms with van der Waals surface area (Å²) in [5, 5.41) is 7.02. The average Bonchev–Trinajstić information content (AvgIpc) is 3.17. The third-order valence-corrected chi connectivity index (χ3v) is 5.40. The summed E-state index contributed by atoms with van der Waals surface area (Å²) < 4.78 is 5.04. The predicted molar refractivity (Wildman–Crippen MR) is 90.6 cm³/mol. The Bertz CT molecular complexity index is 755. The highest BCUT2D eigenvalue weighted by Gasteiger charge is 2.52. The third kappa shape index (κ3) is 2.79. The van der Waals surface area contributed by atoms with Gasteiger partial charge in [-0.3, -0.25) is 0 Å². The Hall–Kier alpha value is -2.30. The van der Waals surface area contributed by atoms with Crippen molar-refractivity contribution in [2.45, 2.75) is 32.2 Å². The molecule has 1 heterocycles. The first-order chi connectivity index (χ1) is 11.6. The van der Waals surface area contributed by atoms with E-state index in [1.807, 2.05) is 13.0 Å². The molecule has 0 bridgehead atoms. The summed E-state index contributed by atoms with van der Waals surface area (Å²) in [5.41, 5.74) is 3.77. The normalized spacial score (nSPS) is 24.0. The number of hydrogen-bond donors (Lipinski definition) is 1. The molecule has 2 amide bonds. The van der Waals surface area contributed by atoms with Gasteiger partial charge in [0, 0.05) is 19.7 Å². The van der Waals surface area contributed by atoms with Crippen molar-refractivity contribution < 1.29 is 9.32 Å². The second kappa shape index (κ2) is 5.96. The Kier molecular flexibility index (Phi) is 3.79. The van der Waals surface area contributed by atoms with Gasteiger partial charge in [0.25, 0.3) is 0 Å². The number of nitrogens with one attached hydrogen (secondary N) is 1. The second-order valence-electron chi connectivity index (χ2n) is 7.06. The number of hydrogen-bond acceptors (Lipinski definition) is 3. The molecule has 0 aliphatic heterocycles. The van der Waals surface area contributed by atoms with Gasteiger partial charge in [-0.25, -0.2) is 4.79 Å². The largest absolute Gasteiger partial charge is 0.361 e. The molecule has 0 saturated heterocycles. The third-order valence-electron chi connectivity index (χ3n) is 5.40. The maximum Gasteiger partial charge on any atom is 0.317 e. The van der Waals surface area contributed by atoms with Crippen molar-refractivity contribution in [3.8, 4) is 0 Å². The average molecular weight is 325 g/mol. The lowest BCUT2D eigenvalue weighted by Crippen LogP contribution is -2.38. The lowest BCUT2D eigenvalue weighted by molar-refractivity contribution is 0.205. The fourth-order valence-corrected chi connectivity index (χ4v) is 4.13. The number of carbonyl (C=O) groups is 1. The van der Waals surface area contributed by atoms with Crippen LogP contribution in [0.1, 0.15) is 34.9 Å². The molecule has 126 valence electrons. The van der Waals surface area contributed by atoms with E-state index in [0.717, 1.165) is 23.9 Å². The van der Waals surface area contributed by atoms with Gasteiger partial charge in [-0.05, 0) is 48.6 Å². The molecule has 4 rings (SSSR count). The van der Waals surface area contributed by atoms with Crippen molar-refractivity contribution in [1.29, 1.82) is 0 Å². The van der Waals surface area contributed by atoms with Gasteiger partial charge in [0.05, 0.1) is 6.54 Å². The van der Waals surface area contributed by atoms with E-state index in [1.54, 1.807) is 11.9 Å². The molecule has 1 aromatic heterocycles. The maximum atomic E-state index is 12.3. The SMILES string of the molecule is Cc1cc(CN(C)C(=O)NCC2C3CCc4ccccc4C32)no1. The molecule has 1 saturated carbocycles. The Morgan fingerprint density at radius 3 is 3.04 bits per heavy atom. The summed E-state index contributed by atoms with van der Waals surface area (Å²) in [4.78, 5) is 13.9. The van der Waals surface area contributed by atoms with E-state index < -0.39 is 0 Å². The molecule has 2 aliphatic rings. The van der Waals surface area contributed by atoms with Gasteiger partial charge < -0.3 is 14.7 Å². The van der Waals surface area contributed by atoms with Gasteiger partial charge in [-0.15, -0.1) is 0 Å². The molecule has 0 radical (unpaired) electrons. The summed E-state index contributed by atoms with van der Waals surface area (Å²) in [6, 6.07) is 10.6. The van der Waals surface area contributed by atoms with Crippen molar-refractivity contribution in [1.82, 2.24) is 15.4 Å². The molecule has 1 fully saturated rings. The highest BCUT2D eigenvalue weighted by molar-refractivity contribution is 5.73. The van der Waals surface area contributed by atoms with Crippen molar-refractivity contribution in [2.75, 3.05) is 13.6 Å². The molecule has 24 heavy (non-hydrogen) atoms. The minimum Gasteiger partial charge on any atom is -0.361 e. The molecule has 2 aliphatic carbocycles. The minimum absolute atomic E-state index is 0.0485. The van der Waals surface area contributed by atoms with Gasteiger partial charge in [0.2, 0.25) is 0 Å². The minimum atomic E-state index is -0.0485. The van der Waals surface area contributed by atoms with Gasteiger partial charge in [-0.1, -0.05) is 29.4 Å². The summed E-state index contributed by atoms with van der Waals surface area (Å²) in [7, 11) is 1.79. The topological polar surface area (TPSA) is 58.4 Å². The van der Waals surface area contributed by atoms with E-state index >= 15 is 0 Å². The van der Waals surface area contributed by atoms with Crippen LogP contribution < -0.4 is 5.32 Å². The Balaban J connectivity index is 1.31. The number of rotatable bonds is 4. The first-order valence-corrected chi connectivity index (χ1v) is 8.62. The monoisotopic (exact) mass is 325 g/mol. The number of carbonyl (C=O) groups excluding carboxylic acids is 1. The molecule has 5 nitrogen and oxygen atoms in total. The molecule has 3 atom stereocenters. The van der Waals surface area contributed by atoms with Crippen molar-refractivity contribution in [3.63, 3.8) is 0 Å². The van der Waals surface area contributed by atoms with Crippen LogP contribution in [0.3, 0.4) is 0 Å². The van der Waals surface area contributed by atoms with Crippen molar-refractivity contribution in [2.24, 2.45) is 11.8 Å². The molecule has 3 unspecified atom stereocenters. The molecular formula is C19H23N3O2. The fourth-order valence-electron chi connectivity index (χ4n) is 4.13. The fraction of sp³-hybridized carbons (Fsp3) is 0.474. The number of urea groups is 1. The van der Waals surface area contributed by atoms with Gasteiger partial charge in [0.1, 0.15) is 11.5 Å². The Morgan fingerprint density at radius 2 is 2.25 bits per heavy atom. The van der Waals surface area contributed by atoms with E-state index in [-0.39, 0.29) is 6.03 Å². The van der Waals surface area contributed by atoms with Crippen LogP contribution in [0.15, 0.2) is 34.9 Å². The summed E-state index contributed by atoms with van der Waals surface area (Å²) >= 11 is 0. The van der Waals surface area contributed by atoms with Crippen LogP contribution in [-0.2, 0) is 13.0 Å². The van der Waals surface area contributed by atoms with Gasteiger partial charge >= 0.3 is 6.03 Å². The highest BCUT2D eigenvalue weighted by Crippen LogP contribution is 2.59. The molecule has 1 N–H and O–H groups in total. The van der Waals surface area contributed by atoms with Crippen LogP contribution in [0.5, 0.6) is 0 Å². The molecule has 2 aromatic rings.